The van der Waals surface area contributed by atoms with Crippen molar-refractivity contribution in [3.63, 3.8) is 0 Å². The zero-order valence-electron chi connectivity index (χ0n) is 15.2. The highest BCUT2D eigenvalue weighted by molar-refractivity contribution is 6.04. The molecule has 2 aliphatic carbocycles. The van der Waals surface area contributed by atoms with Crippen LogP contribution in [-0.4, -0.2) is 21.6 Å². The molecule has 1 aliphatic heterocycles. The lowest BCUT2D eigenvalue weighted by Gasteiger charge is -2.42. The summed E-state index contributed by atoms with van der Waals surface area (Å²) in [7, 11) is 0. The molecule has 2 unspecified atom stereocenters. The number of allylic oxidation sites excluding steroid dienone is 1. The van der Waals surface area contributed by atoms with Gasteiger partial charge in [0.2, 0.25) is 0 Å². The molecule has 0 bridgehead atoms. The highest BCUT2D eigenvalue weighted by Gasteiger charge is 2.53. The molecule has 4 heteroatoms. The molecule has 4 nitrogen and oxygen atoms in total. The van der Waals surface area contributed by atoms with Crippen molar-refractivity contribution >= 4 is 5.78 Å². The number of rotatable bonds is 0. The second-order valence-corrected chi connectivity index (χ2v) is 8.02. The van der Waals surface area contributed by atoms with Gasteiger partial charge in [-0.15, -0.1) is 0 Å². The molecular weight excluding hydrogens is 340 g/mol. The fourth-order valence-corrected chi connectivity index (χ4v) is 4.68. The minimum Gasteiger partial charge on any atom is -0.508 e. The van der Waals surface area contributed by atoms with Crippen molar-refractivity contribution in [1.82, 2.24) is 0 Å². The molecule has 5 rings (SSSR count). The first-order chi connectivity index (χ1) is 12.8. The van der Waals surface area contributed by atoms with Crippen LogP contribution in [0, 0.1) is 6.92 Å². The van der Waals surface area contributed by atoms with Gasteiger partial charge in [-0.2, -0.15) is 0 Å². The molecule has 0 amide bonds. The molecule has 2 atom stereocenters. The maximum atomic E-state index is 13.0. The zero-order valence-corrected chi connectivity index (χ0v) is 15.2. The van der Waals surface area contributed by atoms with Crippen LogP contribution in [0.3, 0.4) is 0 Å². The van der Waals surface area contributed by atoms with Crippen LogP contribution in [-0.2, 0) is 5.41 Å². The van der Waals surface area contributed by atoms with Gasteiger partial charge in [0.1, 0.15) is 17.3 Å². The van der Waals surface area contributed by atoms with Crippen LogP contribution >= 0.6 is 0 Å². The minimum atomic E-state index is -1.01. The number of Topliss-reactive ketones (excluding diaryl/α,β-unsaturated/α-hetero) is 1. The molecule has 0 radical (unpaired) electrons. The number of phenolic OH excluding ortho intramolecular Hbond substituents is 1. The van der Waals surface area contributed by atoms with Crippen molar-refractivity contribution in [2.45, 2.75) is 37.7 Å². The molecule has 0 fully saturated rings. The van der Waals surface area contributed by atoms with Crippen molar-refractivity contribution in [1.29, 1.82) is 0 Å². The first-order valence-corrected chi connectivity index (χ1v) is 9.12. The quantitative estimate of drug-likeness (QED) is 0.747. The number of phenols is 1. The Bertz CT molecular complexity index is 1070. The van der Waals surface area contributed by atoms with Crippen LogP contribution in [0.5, 0.6) is 11.5 Å². The Morgan fingerprint density at radius 1 is 1.11 bits per heavy atom. The summed E-state index contributed by atoms with van der Waals surface area (Å²) < 4.78 is 6.07. The first-order valence-electron chi connectivity index (χ1n) is 9.12. The topological polar surface area (TPSA) is 66.8 Å². The SMILES string of the molecule is Cc1ccc2c(c1)C(=O)CC21C2=CCC(C)(O)C=C2Oc2cc(O)ccc21. The second-order valence-electron chi connectivity index (χ2n) is 8.02. The Morgan fingerprint density at radius 2 is 1.89 bits per heavy atom. The number of ketones is 1. The molecule has 2 N–H and O–H groups in total. The molecule has 2 aromatic rings. The Balaban J connectivity index is 1.86. The smallest absolute Gasteiger partial charge is 0.164 e. The van der Waals surface area contributed by atoms with Gasteiger partial charge < -0.3 is 14.9 Å². The van der Waals surface area contributed by atoms with Gasteiger partial charge in [-0.25, -0.2) is 0 Å². The second kappa shape index (κ2) is 5.11. The third-order valence-corrected chi connectivity index (χ3v) is 5.89. The van der Waals surface area contributed by atoms with Gasteiger partial charge >= 0.3 is 0 Å². The van der Waals surface area contributed by atoms with E-state index in [9.17, 15) is 15.0 Å². The van der Waals surface area contributed by atoms with E-state index in [0.29, 0.717) is 24.4 Å². The molecule has 0 saturated carbocycles. The number of fused-ring (bicyclic) bond motifs is 6. The number of carbonyl (C=O) groups excluding carboxylic acids is 1. The minimum absolute atomic E-state index is 0.104. The summed E-state index contributed by atoms with van der Waals surface area (Å²) in [6, 6.07) is 11.1. The molecule has 27 heavy (non-hydrogen) atoms. The number of carbonyl (C=O) groups is 1. The van der Waals surface area contributed by atoms with Crippen LogP contribution < -0.4 is 4.74 Å². The Morgan fingerprint density at radius 3 is 2.70 bits per heavy atom. The van der Waals surface area contributed by atoms with Gasteiger partial charge in [0.15, 0.2) is 5.78 Å². The third-order valence-electron chi connectivity index (χ3n) is 5.89. The maximum absolute atomic E-state index is 13.0. The Hall–Kier alpha value is -2.85. The van der Waals surface area contributed by atoms with E-state index in [1.165, 1.54) is 0 Å². The van der Waals surface area contributed by atoms with Crippen molar-refractivity contribution in [2.24, 2.45) is 0 Å². The molecule has 1 spiro atoms. The summed E-state index contributed by atoms with van der Waals surface area (Å²) in [4.78, 5) is 13.0. The molecule has 2 aromatic carbocycles. The number of ether oxygens (including phenoxy) is 1. The third kappa shape index (κ3) is 2.17. The lowest BCUT2D eigenvalue weighted by Crippen LogP contribution is -2.38. The first kappa shape index (κ1) is 16.3. The van der Waals surface area contributed by atoms with E-state index in [2.05, 4.69) is 0 Å². The Labute approximate surface area is 157 Å². The van der Waals surface area contributed by atoms with Gasteiger partial charge in [0, 0.05) is 29.2 Å². The van der Waals surface area contributed by atoms with E-state index in [1.54, 1.807) is 25.1 Å². The molecular formula is C23H20O4. The van der Waals surface area contributed by atoms with Gasteiger partial charge in [-0.3, -0.25) is 4.79 Å². The monoisotopic (exact) mass is 360 g/mol. The summed E-state index contributed by atoms with van der Waals surface area (Å²) >= 11 is 0. The number of hydrogen-bond donors (Lipinski definition) is 2. The lowest BCUT2D eigenvalue weighted by molar-refractivity contribution is 0.0978. The number of aryl methyl sites for hydroxylation is 1. The van der Waals surface area contributed by atoms with E-state index in [1.807, 2.05) is 37.3 Å². The number of hydrogen-bond acceptors (Lipinski definition) is 4. The summed E-state index contributed by atoms with van der Waals surface area (Å²) in [6.07, 6.45) is 4.49. The predicted molar refractivity (Wildman–Crippen MR) is 101 cm³/mol. The van der Waals surface area contributed by atoms with Crippen LogP contribution in [0.25, 0.3) is 0 Å². The summed E-state index contributed by atoms with van der Waals surface area (Å²) in [5, 5.41) is 20.5. The number of aliphatic hydroxyl groups is 1. The van der Waals surface area contributed by atoms with Gasteiger partial charge in [0.25, 0.3) is 0 Å². The Kier molecular flexibility index (Phi) is 3.09. The van der Waals surface area contributed by atoms with E-state index < -0.39 is 11.0 Å². The van der Waals surface area contributed by atoms with E-state index in [4.69, 9.17) is 4.74 Å². The largest absolute Gasteiger partial charge is 0.508 e. The van der Waals surface area contributed by atoms with Crippen molar-refractivity contribution in [3.8, 4) is 11.5 Å². The van der Waals surface area contributed by atoms with Crippen LogP contribution in [0.4, 0.5) is 0 Å². The fraction of sp³-hybridized carbons (Fsp3) is 0.261. The van der Waals surface area contributed by atoms with Gasteiger partial charge in [-0.1, -0.05) is 29.8 Å². The van der Waals surface area contributed by atoms with Gasteiger partial charge in [-0.05, 0) is 44.0 Å². The average Bonchev–Trinajstić information content (AvgIpc) is 2.86. The highest BCUT2D eigenvalue weighted by atomic mass is 16.5. The summed E-state index contributed by atoms with van der Waals surface area (Å²) in [5.41, 5.74) is 2.90. The van der Waals surface area contributed by atoms with Crippen molar-refractivity contribution in [3.05, 3.63) is 82.1 Å². The van der Waals surface area contributed by atoms with Crippen LogP contribution in [0.1, 0.15) is 46.8 Å². The molecule has 1 heterocycles. The summed E-state index contributed by atoms with van der Waals surface area (Å²) in [5.74, 6) is 1.29. The van der Waals surface area contributed by atoms with E-state index in [-0.39, 0.29) is 11.5 Å². The van der Waals surface area contributed by atoms with Crippen LogP contribution in [0.15, 0.2) is 59.9 Å². The fourth-order valence-electron chi connectivity index (χ4n) is 4.68. The zero-order chi connectivity index (χ0) is 19.0. The van der Waals surface area contributed by atoms with Crippen molar-refractivity contribution < 1.29 is 19.7 Å². The van der Waals surface area contributed by atoms with E-state index >= 15 is 0 Å². The molecule has 0 saturated heterocycles. The van der Waals surface area contributed by atoms with E-state index in [0.717, 1.165) is 27.8 Å². The number of aromatic hydroxyl groups is 1. The lowest BCUT2D eigenvalue weighted by atomic mass is 9.65. The predicted octanol–water partition coefficient (Wildman–Crippen LogP) is 3.93. The van der Waals surface area contributed by atoms with Crippen molar-refractivity contribution in [2.75, 3.05) is 0 Å². The molecule has 136 valence electrons. The maximum Gasteiger partial charge on any atom is 0.164 e. The molecule has 3 aliphatic rings. The average molecular weight is 360 g/mol. The van der Waals surface area contributed by atoms with Gasteiger partial charge in [0.05, 0.1) is 11.0 Å². The summed E-state index contributed by atoms with van der Waals surface area (Å²) in [6.45, 7) is 3.72. The molecule has 0 aromatic heterocycles. The standard InChI is InChI=1S/C23H20O4/c1-13-3-5-16-15(9-13)19(25)11-23(16)17-6-4-14(24)10-20(17)27-21-12-22(2,26)8-7-18(21)23/h3-7,9-10,12,24,26H,8,11H2,1-2H3. The number of benzene rings is 2. The normalized spacial score (nSPS) is 28.0. The highest BCUT2D eigenvalue weighted by Crippen LogP contribution is 2.58. The van der Waals surface area contributed by atoms with Crippen LogP contribution in [0.2, 0.25) is 0 Å².